The fraction of sp³-hybridized carbons (Fsp3) is 0.316. The van der Waals surface area contributed by atoms with Crippen LogP contribution in [0.1, 0.15) is 40.4 Å². The number of anilines is 1. The smallest absolute Gasteiger partial charge is 0.338 e. The molecule has 2 aromatic rings. The molecule has 0 aliphatic carbocycles. The lowest BCUT2D eigenvalue weighted by Crippen LogP contribution is -2.11. The van der Waals surface area contributed by atoms with Crippen molar-refractivity contribution in [3.05, 3.63) is 64.7 Å². The zero-order chi connectivity index (χ0) is 15.4. The monoisotopic (exact) mass is 295 g/mol. The van der Waals surface area contributed by atoms with E-state index in [1.54, 1.807) is 0 Å². The second-order valence-corrected chi connectivity index (χ2v) is 5.62. The van der Waals surface area contributed by atoms with Crippen LogP contribution in [0.3, 0.4) is 0 Å². The SMILES string of the molecule is CCOC(=O)c1ccc(Cc2ccc3c(c2)CCCN3)cc1. The molecule has 3 heteroatoms. The number of hydrogen-bond donors (Lipinski definition) is 1. The van der Waals surface area contributed by atoms with Crippen molar-refractivity contribution < 1.29 is 9.53 Å². The zero-order valence-corrected chi connectivity index (χ0v) is 12.9. The maximum Gasteiger partial charge on any atom is 0.338 e. The van der Waals surface area contributed by atoms with Crippen molar-refractivity contribution in [2.75, 3.05) is 18.5 Å². The molecule has 0 saturated carbocycles. The molecule has 1 aliphatic heterocycles. The van der Waals surface area contributed by atoms with Crippen molar-refractivity contribution in [2.45, 2.75) is 26.2 Å². The number of ether oxygens (including phenoxy) is 1. The summed E-state index contributed by atoms with van der Waals surface area (Å²) >= 11 is 0. The Kier molecular flexibility index (Phi) is 4.42. The van der Waals surface area contributed by atoms with Crippen molar-refractivity contribution >= 4 is 11.7 Å². The van der Waals surface area contributed by atoms with Gasteiger partial charge in [-0.05, 0) is 61.1 Å². The van der Waals surface area contributed by atoms with Gasteiger partial charge in [-0.1, -0.05) is 24.3 Å². The van der Waals surface area contributed by atoms with Crippen LogP contribution < -0.4 is 5.32 Å². The van der Waals surface area contributed by atoms with Crippen LogP contribution in [-0.4, -0.2) is 19.1 Å². The lowest BCUT2D eigenvalue weighted by atomic mass is 9.97. The maximum absolute atomic E-state index is 11.6. The molecular weight excluding hydrogens is 274 g/mol. The number of esters is 1. The van der Waals surface area contributed by atoms with Crippen molar-refractivity contribution in [1.29, 1.82) is 0 Å². The number of nitrogens with one attached hydrogen (secondary N) is 1. The normalized spacial score (nSPS) is 13.1. The standard InChI is InChI=1S/C19H21NO2/c1-2-22-19(21)16-8-5-14(6-9-16)12-15-7-10-18-17(13-15)4-3-11-20-18/h5-10,13,20H,2-4,11-12H2,1H3. The minimum absolute atomic E-state index is 0.256. The van der Waals surface area contributed by atoms with Gasteiger partial charge in [0, 0.05) is 12.2 Å². The van der Waals surface area contributed by atoms with Gasteiger partial charge in [0.25, 0.3) is 0 Å². The number of carbonyl (C=O) groups is 1. The van der Waals surface area contributed by atoms with Gasteiger partial charge < -0.3 is 10.1 Å². The molecule has 0 spiro atoms. The second-order valence-electron chi connectivity index (χ2n) is 5.62. The highest BCUT2D eigenvalue weighted by molar-refractivity contribution is 5.89. The van der Waals surface area contributed by atoms with E-state index in [4.69, 9.17) is 4.74 Å². The first kappa shape index (κ1) is 14.6. The summed E-state index contributed by atoms with van der Waals surface area (Å²) in [5, 5.41) is 3.43. The summed E-state index contributed by atoms with van der Waals surface area (Å²) in [7, 11) is 0. The number of aryl methyl sites for hydroxylation is 1. The van der Waals surface area contributed by atoms with Crippen LogP contribution in [-0.2, 0) is 17.6 Å². The summed E-state index contributed by atoms with van der Waals surface area (Å²) in [5.74, 6) is -0.256. The minimum atomic E-state index is -0.256. The van der Waals surface area contributed by atoms with Gasteiger partial charge in [-0.25, -0.2) is 4.79 Å². The summed E-state index contributed by atoms with van der Waals surface area (Å²) in [6.45, 7) is 3.29. The molecule has 0 amide bonds. The van der Waals surface area contributed by atoms with Crippen molar-refractivity contribution in [3.8, 4) is 0 Å². The number of fused-ring (bicyclic) bond motifs is 1. The molecule has 3 nitrogen and oxygen atoms in total. The molecule has 3 rings (SSSR count). The summed E-state index contributed by atoms with van der Waals surface area (Å²) in [4.78, 5) is 11.6. The Morgan fingerprint density at radius 2 is 1.91 bits per heavy atom. The second kappa shape index (κ2) is 6.65. The molecule has 0 saturated heterocycles. The molecule has 0 unspecified atom stereocenters. The van der Waals surface area contributed by atoms with Crippen molar-refractivity contribution in [1.82, 2.24) is 0 Å². The fourth-order valence-electron chi connectivity index (χ4n) is 2.85. The lowest BCUT2D eigenvalue weighted by Gasteiger charge is -2.18. The number of carbonyl (C=O) groups excluding carboxylic acids is 1. The molecule has 1 aliphatic rings. The van der Waals surface area contributed by atoms with E-state index in [1.165, 1.54) is 28.8 Å². The average molecular weight is 295 g/mol. The Labute approximate surface area is 131 Å². The predicted molar refractivity (Wildman–Crippen MR) is 88.5 cm³/mol. The van der Waals surface area contributed by atoms with Gasteiger partial charge in [-0.2, -0.15) is 0 Å². The van der Waals surface area contributed by atoms with E-state index >= 15 is 0 Å². The minimum Gasteiger partial charge on any atom is -0.462 e. The molecule has 114 valence electrons. The first-order valence-electron chi connectivity index (χ1n) is 7.88. The van der Waals surface area contributed by atoms with Crippen LogP contribution in [0.2, 0.25) is 0 Å². The third-order valence-electron chi connectivity index (χ3n) is 3.98. The predicted octanol–water partition coefficient (Wildman–Crippen LogP) is 3.81. The Balaban J connectivity index is 1.72. The van der Waals surface area contributed by atoms with Gasteiger partial charge in [-0.3, -0.25) is 0 Å². The number of rotatable bonds is 4. The van der Waals surface area contributed by atoms with E-state index in [0.717, 1.165) is 19.4 Å². The van der Waals surface area contributed by atoms with Gasteiger partial charge in [0.05, 0.1) is 12.2 Å². The van der Waals surface area contributed by atoms with E-state index < -0.39 is 0 Å². The zero-order valence-electron chi connectivity index (χ0n) is 12.9. The summed E-state index contributed by atoms with van der Waals surface area (Å²) in [6, 6.07) is 14.3. The molecule has 22 heavy (non-hydrogen) atoms. The highest BCUT2D eigenvalue weighted by atomic mass is 16.5. The largest absolute Gasteiger partial charge is 0.462 e. The van der Waals surface area contributed by atoms with Crippen LogP contribution in [0, 0.1) is 0 Å². The highest BCUT2D eigenvalue weighted by Crippen LogP contribution is 2.24. The Hall–Kier alpha value is -2.29. The van der Waals surface area contributed by atoms with E-state index in [-0.39, 0.29) is 5.97 Å². The Morgan fingerprint density at radius 3 is 2.68 bits per heavy atom. The van der Waals surface area contributed by atoms with Crippen LogP contribution in [0.4, 0.5) is 5.69 Å². The molecule has 0 fully saturated rings. The molecule has 1 heterocycles. The molecule has 2 aromatic carbocycles. The third kappa shape index (κ3) is 3.30. The summed E-state index contributed by atoms with van der Waals surface area (Å²) in [6.07, 6.45) is 3.24. The van der Waals surface area contributed by atoms with Crippen LogP contribution >= 0.6 is 0 Å². The summed E-state index contributed by atoms with van der Waals surface area (Å²) < 4.78 is 5.00. The van der Waals surface area contributed by atoms with E-state index in [2.05, 4.69) is 23.5 Å². The van der Waals surface area contributed by atoms with Crippen molar-refractivity contribution in [3.63, 3.8) is 0 Å². The van der Waals surface area contributed by atoms with Gasteiger partial charge >= 0.3 is 5.97 Å². The molecular formula is C19H21NO2. The first-order chi connectivity index (χ1) is 10.8. The average Bonchev–Trinajstić information content (AvgIpc) is 2.56. The van der Waals surface area contributed by atoms with E-state index in [1.807, 2.05) is 31.2 Å². The molecule has 0 radical (unpaired) electrons. The van der Waals surface area contributed by atoms with Gasteiger partial charge in [0.1, 0.15) is 0 Å². The lowest BCUT2D eigenvalue weighted by molar-refractivity contribution is 0.0526. The van der Waals surface area contributed by atoms with Crippen LogP contribution in [0.5, 0.6) is 0 Å². The molecule has 0 aromatic heterocycles. The quantitative estimate of drug-likeness (QED) is 0.872. The molecule has 0 atom stereocenters. The topological polar surface area (TPSA) is 38.3 Å². The highest BCUT2D eigenvalue weighted by Gasteiger charge is 2.09. The van der Waals surface area contributed by atoms with E-state index in [0.29, 0.717) is 12.2 Å². The number of benzene rings is 2. The molecule has 1 N–H and O–H groups in total. The first-order valence-corrected chi connectivity index (χ1v) is 7.88. The molecule has 0 bridgehead atoms. The van der Waals surface area contributed by atoms with Gasteiger partial charge in [0.15, 0.2) is 0 Å². The third-order valence-corrected chi connectivity index (χ3v) is 3.98. The Bertz CT molecular complexity index is 662. The van der Waals surface area contributed by atoms with Gasteiger partial charge in [0.2, 0.25) is 0 Å². The summed E-state index contributed by atoms with van der Waals surface area (Å²) in [5.41, 5.74) is 5.81. The van der Waals surface area contributed by atoms with E-state index in [9.17, 15) is 4.79 Å². The van der Waals surface area contributed by atoms with Gasteiger partial charge in [-0.15, -0.1) is 0 Å². The fourth-order valence-corrected chi connectivity index (χ4v) is 2.85. The Morgan fingerprint density at radius 1 is 1.14 bits per heavy atom. The maximum atomic E-state index is 11.6. The number of hydrogen-bond acceptors (Lipinski definition) is 3. The van der Waals surface area contributed by atoms with Crippen LogP contribution in [0.25, 0.3) is 0 Å². The van der Waals surface area contributed by atoms with Crippen molar-refractivity contribution in [2.24, 2.45) is 0 Å². The van der Waals surface area contributed by atoms with Crippen LogP contribution in [0.15, 0.2) is 42.5 Å².